The van der Waals surface area contributed by atoms with Gasteiger partial charge in [-0.15, -0.1) is 0 Å². The number of aromatic nitrogens is 2. The molecule has 3 atom stereocenters. The van der Waals surface area contributed by atoms with Crippen molar-refractivity contribution in [2.75, 3.05) is 11.9 Å². The molecule has 3 unspecified atom stereocenters. The molecule has 1 aliphatic carbocycles. The maximum Gasteiger partial charge on any atom is 0.203 e. The van der Waals surface area contributed by atoms with Crippen molar-refractivity contribution in [1.82, 2.24) is 9.55 Å². The minimum Gasteiger partial charge on any atom is -0.356 e. The third-order valence-electron chi connectivity index (χ3n) is 4.26. The van der Waals surface area contributed by atoms with E-state index >= 15 is 0 Å². The van der Waals surface area contributed by atoms with Crippen LogP contribution in [-0.4, -0.2) is 16.1 Å². The Balaban J connectivity index is 2.03. The fourth-order valence-electron chi connectivity index (χ4n) is 2.83. The van der Waals surface area contributed by atoms with E-state index < -0.39 is 0 Å². The molecule has 0 aromatic carbocycles. The van der Waals surface area contributed by atoms with Crippen molar-refractivity contribution in [3.8, 4) is 0 Å². The molecule has 1 aromatic heterocycles. The van der Waals surface area contributed by atoms with Crippen LogP contribution in [-0.2, 0) is 0 Å². The van der Waals surface area contributed by atoms with Crippen molar-refractivity contribution in [3.63, 3.8) is 0 Å². The highest BCUT2D eigenvalue weighted by Gasteiger charge is 2.31. The SMILES string of the molecule is CCCCNc1nccn1C1CCC(C)C1C. The van der Waals surface area contributed by atoms with Crippen LogP contribution in [0, 0.1) is 11.8 Å². The second-order valence-electron chi connectivity index (χ2n) is 5.42. The van der Waals surface area contributed by atoms with Gasteiger partial charge in [0.2, 0.25) is 5.95 Å². The van der Waals surface area contributed by atoms with E-state index in [2.05, 4.69) is 41.8 Å². The molecule has 1 N–H and O–H groups in total. The Labute approximate surface area is 105 Å². The molecule has 1 aromatic rings. The van der Waals surface area contributed by atoms with E-state index in [1.54, 1.807) is 0 Å². The average molecular weight is 235 g/mol. The number of imidazole rings is 1. The summed E-state index contributed by atoms with van der Waals surface area (Å²) < 4.78 is 2.35. The number of hydrogen-bond acceptors (Lipinski definition) is 2. The second kappa shape index (κ2) is 5.56. The van der Waals surface area contributed by atoms with Gasteiger partial charge in [-0.3, -0.25) is 0 Å². The Morgan fingerprint density at radius 2 is 2.24 bits per heavy atom. The van der Waals surface area contributed by atoms with Crippen molar-refractivity contribution in [2.45, 2.75) is 52.5 Å². The summed E-state index contributed by atoms with van der Waals surface area (Å²) in [7, 11) is 0. The maximum absolute atomic E-state index is 4.44. The Hall–Kier alpha value is -0.990. The molecule has 0 saturated heterocycles. The van der Waals surface area contributed by atoms with Gasteiger partial charge in [-0.1, -0.05) is 27.2 Å². The molecule has 1 aliphatic rings. The molecule has 3 heteroatoms. The van der Waals surface area contributed by atoms with Gasteiger partial charge in [0, 0.05) is 25.0 Å². The largest absolute Gasteiger partial charge is 0.356 e. The normalized spacial score (nSPS) is 28.5. The molecule has 0 spiro atoms. The quantitative estimate of drug-likeness (QED) is 0.789. The van der Waals surface area contributed by atoms with E-state index in [0.717, 1.165) is 24.3 Å². The molecule has 1 heterocycles. The lowest BCUT2D eigenvalue weighted by atomic mass is 9.98. The number of nitrogens with zero attached hydrogens (tertiary/aromatic N) is 2. The highest BCUT2D eigenvalue weighted by atomic mass is 15.2. The van der Waals surface area contributed by atoms with Crippen LogP contribution in [0.4, 0.5) is 5.95 Å². The Morgan fingerprint density at radius 1 is 1.41 bits per heavy atom. The lowest BCUT2D eigenvalue weighted by Gasteiger charge is -2.22. The predicted molar refractivity (Wildman–Crippen MR) is 72.2 cm³/mol. The van der Waals surface area contributed by atoms with Crippen molar-refractivity contribution in [3.05, 3.63) is 12.4 Å². The summed E-state index contributed by atoms with van der Waals surface area (Å²) in [4.78, 5) is 4.44. The highest BCUT2D eigenvalue weighted by molar-refractivity contribution is 5.27. The lowest BCUT2D eigenvalue weighted by Crippen LogP contribution is -2.17. The zero-order valence-corrected chi connectivity index (χ0v) is 11.3. The monoisotopic (exact) mass is 235 g/mol. The first-order chi connectivity index (χ1) is 8.24. The fraction of sp³-hybridized carbons (Fsp3) is 0.786. The molecule has 3 nitrogen and oxygen atoms in total. The third-order valence-corrected chi connectivity index (χ3v) is 4.26. The number of rotatable bonds is 5. The van der Waals surface area contributed by atoms with E-state index in [0.29, 0.717) is 6.04 Å². The van der Waals surface area contributed by atoms with E-state index in [1.807, 2.05) is 6.20 Å². The first-order valence-electron chi connectivity index (χ1n) is 7.00. The van der Waals surface area contributed by atoms with E-state index in [4.69, 9.17) is 0 Å². The molecule has 1 saturated carbocycles. The molecule has 0 radical (unpaired) electrons. The van der Waals surface area contributed by atoms with Gasteiger partial charge in [-0.2, -0.15) is 0 Å². The number of nitrogens with one attached hydrogen (secondary N) is 1. The molecule has 2 rings (SSSR count). The summed E-state index contributed by atoms with van der Waals surface area (Å²) in [6.45, 7) is 7.99. The summed E-state index contributed by atoms with van der Waals surface area (Å²) in [5.74, 6) is 2.66. The van der Waals surface area contributed by atoms with Gasteiger partial charge in [0.15, 0.2) is 0 Å². The van der Waals surface area contributed by atoms with Crippen molar-refractivity contribution in [2.24, 2.45) is 11.8 Å². The van der Waals surface area contributed by atoms with Gasteiger partial charge in [-0.25, -0.2) is 4.98 Å². The van der Waals surface area contributed by atoms with Crippen molar-refractivity contribution >= 4 is 5.95 Å². The number of unbranched alkanes of at least 4 members (excludes halogenated alkanes) is 1. The van der Waals surface area contributed by atoms with Gasteiger partial charge in [0.05, 0.1) is 0 Å². The summed E-state index contributed by atoms with van der Waals surface area (Å²) in [6, 6.07) is 0.636. The molecule has 96 valence electrons. The van der Waals surface area contributed by atoms with E-state index in [1.165, 1.54) is 25.7 Å². The van der Waals surface area contributed by atoms with Crippen LogP contribution in [0.5, 0.6) is 0 Å². The zero-order valence-electron chi connectivity index (χ0n) is 11.3. The molecular formula is C14H25N3. The predicted octanol–water partition coefficient (Wildman–Crippen LogP) is 3.70. The smallest absolute Gasteiger partial charge is 0.203 e. The molecule has 0 bridgehead atoms. The molecule has 0 aliphatic heterocycles. The topological polar surface area (TPSA) is 29.9 Å². The lowest BCUT2D eigenvalue weighted by molar-refractivity contribution is 0.355. The van der Waals surface area contributed by atoms with Crippen molar-refractivity contribution in [1.29, 1.82) is 0 Å². The van der Waals surface area contributed by atoms with Gasteiger partial charge in [0.1, 0.15) is 0 Å². The number of anilines is 1. The van der Waals surface area contributed by atoms with Crippen LogP contribution in [0.1, 0.15) is 52.5 Å². The van der Waals surface area contributed by atoms with Crippen LogP contribution >= 0.6 is 0 Å². The van der Waals surface area contributed by atoms with Gasteiger partial charge in [0.25, 0.3) is 0 Å². The molecule has 0 amide bonds. The van der Waals surface area contributed by atoms with Gasteiger partial charge >= 0.3 is 0 Å². The number of hydrogen-bond donors (Lipinski definition) is 1. The first-order valence-corrected chi connectivity index (χ1v) is 7.00. The minimum absolute atomic E-state index is 0.636. The second-order valence-corrected chi connectivity index (χ2v) is 5.42. The first kappa shape index (κ1) is 12.5. The molecular weight excluding hydrogens is 210 g/mol. The summed E-state index contributed by atoms with van der Waals surface area (Å²) in [6.07, 6.45) is 9.13. The minimum atomic E-state index is 0.636. The summed E-state index contributed by atoms with van der Waals surface area (Å²) in [5, 5.41) is 3.46. The van der Waals surface area contributed by atoms with Crippen LogP contribution in [0.2, 0.25) is 0 Å². The standard InChI is InChI=1S/C14H25N3/c1-4-5-8-15-14-16-9-10-17(14)13-7-6-11(2)12(13)3/h9-13H,4-8H2,1-3H3,(H,15,16). The van der Waals surface area contributed by atoms with Gasteiger partial charge < -0.3 is 9.88 Å². The summed E-state index contributed by atoms with van der Waals surface area (Å²) >= 11 is 0. The average Bonchev–Trinajstić information content (AvgIpc) is 2.89. The zero-order chi connectivity index (χ0) is 12.3. The molecule has 17 heavy (non-hydrogen) atoms. The van der Waals surface area contributed by atoms with Crippen LogP contribution in [0.25, 0.3) is 0 Å². The van der Waals surface area contributed by atoms with Crippen LogP contribution in [0.15, 0.2) is 12.4 Å². The van der Waals surface area contributed by atoms with E-state index in [9.17, 15) is 0 Å². The summed E-state index contributed by atoms with van der Waals surface area (Å²) in [5.41, 5.74) is 0. The Morgan fingerprint density at radius 3 is 2.88 bits per heavy atom. The highest BCUT2D eigenvalue weighted by Crippen LogP contribution is 2.40. The van der Waals surface area contributed by atoms with E-state index in [-0.39, 0.29) is 0 Å². The van der Waals surface area contributed by atoms with Gasteiger partial charge in [-0.05, 0) is 31.1 Å². The fourth-order valence-corrected chi connectivity index (χ4v) is 2.83. The van der Waals surface area contributed by atoms with Crippen molar-refractivity contribution < 1.29 is 0 Å². The maximum atomic E-state index is 4.44. The van der Waals surface area contributed by atoms with Crippen LogP contribution in [0.3, 0.4) is 0 Å². The Bertz CT molecular complexity index is 345. The third kappa shape index (κ3) is 2.64. The van der Waals surface area contributed by atoms with Crippen LogP contribution < -0.4 is 5.32 Å². The Kier molecular flexibility index (Phi) is 4.08. The molecule has 1 fully saturated rings.